The molecular formula is C16H11Cl3N2O4S. The van der Waals surface area contributed by atoms with Crippen LogP contribution in [0.15, 0.2) is 36.4 Å². The van der Waals surface area contributed by atoms with Crippen LogP contribution >= 0.6 is 47.0 Å². The molecule has 0 aromatic heterocycles. The number of carbonyl (C=O) groups excluding carboxylic acids is 1. The summed E-state index contributed by atoms with van der Waals surface area (Å²) in [7, 11) is 0. The highest BCUT2D eigenvalue weighted by Gasteiger charge is 2.17. The van der Waals surface area contributed by atoms with E-state index in [0.717, 1.165) is 0 Å². The van der Waals surface area contributed by atoms with Crippen LogP contribution < -0.4 is 15.4 Å². The number of anilines is 1. The van der Waals surface area contributed by atoms with Crippen LogP contribution in [0.5, 0.6) is 5.75 Å². The lowest BCUT2D eigenvalue weighted by molar-refractivity contribution is -0.121. The Hall–Kier alpha value is -2.06. The molecule has 0 aliphatic rings. The first-order valence-corrected chi connectivity index (χ1v) is 8.52. The van der Waals surface area contributed by atoms with Crippen LogP contribution in [0, 0.1) is 0 Å². The van der Waals surface area contributed by atoms with E-state index in [1.807, 2.05) is 0 Å². The Morgan fingerprint density at radius 2 is 1.81 bits per heavy atom. The number of hydrogen-bond acceptors (Lipinski definition) is 4. The first-order chi connectivity index (χ1) is 12.3. The topological polar surface area (TPSA) is 87.7 Å². The molecule has 0 saturated heterocycles. The molecule has 0 aliphatic carbocycles. The zero-order chi connectivity index (χ0) is 19.3. The van der Waals surface area contributed by atoms with Gasteiger partial charge in [0, 0.05) is 5.02 Å². The Balaban J connectivity index is 2.00. The maximum atomic E-state index is 11.9. The lowest BCUT2D eigenvalue weighted by Gasteiger charge is -2.14. The second-order valence-corrected chi connectivity index (χ2v) is 6.50. The molecule has 0 saturated carbocycles. The van der Waals surface area contributed by atoms with Crippen LogP contribution in [0.3, 0.4) is 0 Å². The van der Waals surface area contributed by atoms with E-state index in [0.29, 0.717) is 10.8 Å². The molecule has 0 heterocycles. The molecule has 0 fully saturated rings. The van der Waals surface area contributed by atoms with Gasteiger partial charge < -0.3 is 15.2 Å². The summed E-state index contributed by atoms with van der Waals surface area (Å²) < 4.78 is 5.28. The van der Waals surface area contributed by atoms with E-state index >= 15 is 0 Å². The van der Waals surface area contributed by atoms with Crippen molar-refractivity contribution in [1.29, 1.82) is 0 Å². The lowest BCUT2D eigenvalue weighted by atomic mass is 10.2. The number of hydrogen-bond donors (Lipinski definition) is 3. The molecule has 0 aliphatic heterocycles. The number of carboxylic acids is 1. The fourth-order valence-electron chi connectivity index (χ4n) is 1.88. The fourth-order valence-corrected chi connectivity index (χ4v) is 2.83. The number of rotatable bonds is 5. The van der Waals surface area contributed by atoms with Crippen molar-refractivity contribution in [1.82, 2.24) is 5.32 Å². The monoisotopic (exact) mass is 432 g/mol. The number of benzene rings is 2. The summed E-state index contributed by atoms with van der Waals surface area (Å²) in [6, 6.07) is 9.23. The minimum absolute atomic E-state index is 0.0147. The summed E-state index contributed by atoms with van der Waals surface area (Å²) in [5.41, 5.74) is -0.174. The molecule has 3 N–H and O–H groups in total. The molecule has 0 unspecified atom stereocenters. The molecule has 2 rings (SSSR count). The van der Waals surface area contributed by atoms with Gasteiger partial charge in [0.15, 0.2) is 11.7 Å². The average Bonchev–Trinajstić information content (AvgIpc) is 2.56. The highest BCUT2D eigenvalue weighted by atomic mass is 35.5. The van der Waals surface area contributed by atoms with Gasteiger partial charge in [-0.05, 0) is 36.5 Å². The normalized spacial score (nSPS) is 10.1. The second-order valence-electron chi connectivity index (χ2n) is 4.84. The molecule has 1 amide bonds. The van der Waals surface area contributed by atoms with Gasteiger partial charge in [-0.3, -0.25) is 10.1 Å². The summed E-state index contributed by atoms with van der Waals surface area (Å²) in [6.07, 6.45) is 0. The average molecular weight is 434 g/mol. The van der Waals surface area contributed by atoms with Crippen LogP contribution in [0.25, 0.3) is 0 Å². The number of halogens is 3. The maximum absolute atomic E-state index is 11.9. The molecule has 136 valence electrons. The molecule has 2 aromatic carbocycles. The first kappa shape index (κ1) is 20.3. The second kappa shape index (κ2) is 9.05. The molecule has 6 nitrogen and oxygen atoms in total. The van der Waals surface area contributed by atoms with Gasteiger partial charge in [0.25, 0.3) is 5.91 Å². The third-order valence-electron chi connectivity index (χ3n) is 2.97. The van der Waals surface area contributed by atoms with Crippen molar-refractivity contribution >= 4 is 69.7 Å². The quantitative estimate of drug-likeness (QED) is 0.611. The zero-order valence-electron chi connectivity index (χ0n) is 12.9. The third-order valence-corrected chi connectivity index (χ3v) is 4.00. The Kier molecular flexibility index (Phi) is 7.05. The highest BCUT2D eigenvalue weighted by Crippen LogP contribution is 2.30. The van der Waals surface area contributed by atoms with E-state index in [-0.39, 0.29) is 33.0 Å². The fraction of sp³-hybridized carbons (Fsp3) is 0.0625. The number of carbonyl (C=O) groups is 2. The molecule has 0 spiro atoms. The molecule has 0 atom stereocenters. The predicted octanol–water partition coefficient (Wildman–Crippen LogP) is 4.24. The van der Waals surface area contributed by atoms with Gasteiger partial charge >= 0.3 is 5.97 Å². The van der Waals surface area contributed by atoms with Gasteiger partial charge in [0.1, 0.15) is 5.75 Å². The van der Waals surface area contributed by atoms with Gasteiger partial charge in [-0.15, -0.1) is 0 Å². The van der Waals surface area contributed by atoms with E-state index in [2.05, 4.69) is 10.6 Å². The summed E-state index contributed by atoms with van der Waals surface area (Å²) in [5.74, 6) is -1.48. The van der Waals surface area contributed by atoms with Crippen molar-refractivity contribution in [2.45, 2.75) is 0 Å². The van der Waals surface area contributed by atoms with Crippen LogP contribution in [0.2, 0.25) is 15.1 Å². The van der Waals surface area contributed by atoms with Crippen molar-refractivity contribution in [3.05, 3.63) is 57.0 Å². The molecule has 0 radical (unpaired) electrons. The van der Waals surface area contributed by atoms with Crippen molar-refractivity contribution in [3.63, 3.8) is 0 Å². The highest BCUT2D eigenvalue weighted by molar-refractivity contribution is 7.80. The Morgan fingerprint density at radius 1 is 1.12 bits per heavy atom. The van der Waals surface area contributed by atoms with Crippen LogP contribution in [0.1, 0.15) is 10.4 Å². The molecule has 0 bridgehead atoms. The van der Waals surface area contributed by atoms with Crippen molar-refractivity contribution < 1.29 is 19.4 Å². The summed E-state index contributed by atoms with van der Waals surface area (Å²) in [4.78, 5) is 23.2. The number of nitrogens with one attached hydrogen (secondary N) is 2. The maximum Gasteiger partial charge on any atom is 0.337 e. The van der Waals surface area contributed by atoms with Crippen LogP contribution in [-0.4, -0.2) is 28.7 Å². The van der Waals surface area contributed by atoms with Gasteiger partial charge in [-0.1, -0.05) is 46.9 Å². The van der Waals surface area contributed by atoms with Crippen LogP contribution in [0.4, 0.5) is 5.69 Å². The van der Waals surface area contributed by atoms with E-state index in [1.165, 1.54) is 12.1 Å². The van der Waals surface area contributed by atoms with E-state index in [9.17, 15) is 14.7 Å². The van der Waals surface area contributed by atoms with E-state index < -0.39 is 11.9 Å². The minimum atomic E-state index is -1.26. The van der Waals surface area contributed by atoms with E-state index in [4.69, 9.17) is 51.8 Å². The molecule has 2 aromatic rings. The van der Waals surface area contributed by atoms with Crippen molar-refractivity contribution in [2.75, 3.05) is 11.9 Å². The third kappa shape index (κ3) is 5.47. The SMILES string of the molecule is O=C(COc1ccccc1Cl)NC(=S)Nc1c(Cl)cc(Cl)cc1C(=O)O. The van der Waals surface area contributed by atoms with Crippen molar-refractivity contribution in [2.24, 2.45) is 0 Å². The predicted molar refractivity (Wildman–Crippen MR) is 105 cm³/mol. The van der Waals surface area contributed by atoms with Gasteiger partial charge in [-0.25, -0.2) is 4.79 Å². The number of thiocarbonyl (C=S) groups is 1. The number of amides is 1. The number of carboxylic acid groups (broad SMARTS) is 1. The first-order valence-electron chi connectivity index (χ1n) is 6.98. The molecule has 26 heavy (non-hydrogen) atoms. The Bertz CT molecular complexity index is 877. The molecule has 10 heteroatoms. The molecular weight excluding hydrogens is 423 g/mol. The standard InChI is InChI=1S/C16H11Cl3N2O4S/c17-8-5-9(15(23)24)14(11(19)6-8)21-16(26)20-13(22)7-25-12-4-2-1-3-10(12)18/h1-6H,7H2,(H,23,24)(H2,20,21,22,26). The van der Waals surface area contributed by atoms with Gasteiger partial charge in [0.2, 0.25) is 0 Å². The Labute approximate surface area is 169 Å². The summed E-state index contributed by atoms with van der Waals surface area (Å²) in [6.45, 7) is -0.342. The van der Waals surface area contributed by atoms with E-state index in [1.54, 1.807) is 24.3 Å². The zero-order valence-corrected chi connectivity index (χ0v) is 16.0. The minimum Gasteiger partial charge on any atom is -0.482 e. The smallest absolute Gasteiger partial charge is 0.337 e. The van der Waals surface area contributed by atoms with Crippen LogP contribution in [-0.2, 0) is 4.79 Å². The summed E-state index contributed by atoms with van der Waals surface area (Å²) in [5, 5.41) is 14.6. The largest absolute Gasteiger partial charge is 0.482 e. The van der Waals surface area contributed by atoms with Crippen molar-refractivity contribution in [3.8, 4) is 5.75 Å². The van der Waals surface area contributed by atoms with Gasteiger partial charge in [-0.2, -0.15) is 0 Å². The lowest BCUT2D eigenvalue weighted by Crippen LogP contribution is -2.37. The number of ether oxygens (including phenoxy) is 1. The summed E-state index contributed by atoms with van der Waals surface area (Å²) >= 11 is 22.7. The number of para-hydroxylation sites is 1. The Morgan fingerprint density at radius 3 is 2.46 bits per heavy atom. The van der Waals surface area contributed by atoms with Gasteiger partial charge in [0.05, 0.1) is 21.3 Å². The number of aromatic carboxylic acids is 1.